The van der Waals surface area contributed by atoms with Crippen molar-refractivity contribution in [2.24, 2.45) is 24.8 Å². The van der Waals surface area contributed by atoms with E-state index in [4.69, 9.17) is 5.73 Å². The van der Waals surface area contributed by atoms with Crippen LogP contribution in [0, 0.1) is 0 Å². The van der Waals surface area contributed by atoms with Crippen LogP contribution >= 0.6 is 15.9 Å². The average molecular weight is 471 g/mol. The summed E-state index contributed by atoms with van der Waals surface area (Å²) in [6, 6.07) is 3.62. The molecule has 4 rings (SSSR count). The summed E-state index contributed by atoms with van der Waals surface area (Å²) < 4.78 is 5.98. The zero-order valence-corrected chi connectivity index (χ0v) is 17.9. The number of rotatable bonds is 6. The van der Waals surface area contributed by atoms with Gasteiger partial charge in [-0.3, -0.25) is 19.3 Å². The van der Waals surface area contributed by atoms with Crippen molar-refractivity contribution in [2.75, 3.05) is 0 Å². The first-order valence-corrected chi connectivity index (χ1v) is 9.89. The lowest BCUT2D eigenvalue weighted by Gasteiger charge is -2.01. The summed E-state index contributed by atoms with van der Waals surface area (Å²) in [7, 11) is 3.57. The van der Waals surface area contributed by atoms with E-state index in [1.54, 1.807) is 34.8 Å². The van der Waals surface area contributed by atoms with E-state index in [-0.39, 0.29) is 5.56 Å². The zero-order chi connectivity index (χ0) is 21.4. The first-order chi connectivity index (χ1) is 14.4. The van der Waals surface area contributed by atoms with E-state index in [9.17, 15) is 9.59 Å². The predicted molar refractivity (Wildman–Crippen MR) is 117 cm³/mol. The molecule has 0 radical (unpaired) electrons. The van der Waals surface area contributed by atoms with Crippen molar-refractivity contribution >= 4 is 44.8 Å². The lowest BCUT2D eigenvalue weighted by molar-refractivity contribution is 0.0993. The highest BCUT2D eigenvalue weighted by Gasteiger charge is 2.15. The van der Waals surface area contributed by atoms with Crippen LogP contribution in [-0.2, 0) is 20.6 Å². The van der Waals surface area contributed by atoms with E-state index >= 15 is 0 Å². The van der Waals surface area contributed by atoms with Gasteiger partial charge in [-0.25, -0.2) is 4.98 Å². The van der Waals surface area contributed by atoms with Crippen molar-refractivity contribution in [2.45, 2.75) is 13.0 Å². The van der Waals surface area contributed by atoms with E-state index in [1.165, 1.54) is 6.33 Å². The molecule has 0 bridgehead atoms. The summed E-state index contributed by atoms with van der Waals surface area (Å²) >= 11 is 3.37. The van der Waals surface area contributed by atoms with Gasteiger partial charge in [0, 0.05) is 45.0 Å². The van der Waals surface area contributed by atoms with Gasteiger partial charge in [0.2, 0.25) is 0 Å². The van der Waals surface area contributed by atoms with Crippen LogP contribution in [-0.4, -0.2) is 41.0 Å². The first kappa shape index (κ1) is 19.8. The second-order valence-corrected chi connectivity index (χ2v) is 7.58. The Morgan fingerprint density at radius 3 is 2.87 bits per heavy atom. The number of H-pyrrole nitrogens is 1. The van der Waals surface area contributed by atoms with Gasteiger partial charge in [-0.2, -0.15) is 5.10 Å². The SMILES string of the molecule is Cn1c(Br)cc(N=CCCn2cc(-c3cc4nc[nH]c(=O)c4n3C)cn2)c1C(N)=O. The molecule has 4 aromatic heterocycles. The number of aromatic nitrogens is 6. The smallest absolute Gasteiger partial charge is 0.275 e. The van der Waals surface area contributed by atoms with Crippen LogP contribution in [0.4, 0.5) is 5.69 Å². The molecule has 3 N–H and O–H groups in total. The summed E-state index contributed by atoms with van der Waals surface area (Å²) in [5.74, 6) is -0.532. The molecule has 0 aromatic carbocycles. The molecule has 1 amide bonds. The zero-order valence-electron chi connectivity index (χ0n) is 16.3. The first-order valence-electron chi connectivity index (χ1n) is 9.10. The van der Waals surface area contributed by atoms with Crippen LogP contribution < -0.4 is 11.3 Å². The molecular weight excluding hydrogens is 452 g/mol. The molecular formula is C19H19BrN8O2. The van der Waals surface area contributed by atoms with E-state index in [0.717, 1.165) is 15.9 Å². The molecule has 0 saturated carbocycles. The van der Waals surface area contributed by atoms with E-state index in [0.29, 0.717) is 35.4 Å². The molecule has 0 saturated heterocycles. The second kappa shape index (κ2) is 7.75. The molecule has 154 valence electrons. The lowest BCUT2D eigenvalue weighted by Crippen LogP contribution is -2.15. The maximum absolute atomic E-state index is 12.0. The summed E-state index contributed by atoms with van der Waals surface area (Å²) in [6.45, 7) is 0.603. The number of carbonyl (C=O) groups excluding carboxylic acids is 1. The normalized spacial score (nSPS) is 11.7. The molecule has 11 heteroatoms. The van der Waals surface area contributed by atoms with Crippen LogP contribution in [0.3, 0.4) is 0 Å². The van der Waals surface area contributed by atoms with Crippen molar-refractivity contribution < 1.29 is 4.79 Å². The fourth-order valence-corrected chi connectivity index (χ4v) is 3.77. The van der Waals surface area contributed by atoms with Gasteiger partial charge in [0.15, 0.2) is 0 Å². The molecule has 0 unspecified atom stereocenters. The predicted octanol–water partition coefficient (Wildman–Crippen LogP) is 2.12. The Bertz CT molecular complexity index is 1340. The van der Waals surface area contributed by atoms with Gasteiger partial charge in [-0.15, -0.1) is 0 Å². The van der Waals surface area contributed by atoms with Crippen molar-refractivity contribution in [3.05, 3.63) is 51.5 Å². The van der Waals surface area contributed by atoms with Gasteiger partial charge in [-0.1, -0.05) is 0 Å². The topological polar surface area (TPSA) is 129 Å². The molecule has 4 heterocycles. The largest absolute Gasteiger partial charge is 0.364 e. The van der Waals surface area contributed by atoms with Crippen molar-refractivity contribution in [1.82, 2.24) is 28.9 Å². The number of nitrogens with two attached hydrogens (primary N) is 1. The summed E-state index contributed by atoms with van der Waals surface area (Å²) in [6.07, 6.45) is 7.40. The van der Waals surface area contributed by atoms with Gasteiger partial charge in [0.05, 0.1) is 34.0 Å². The minimum absolute atomic E-state index is 0.180. The number of carbonyl (C=O) groups is 1. The van der Waals surface area contributed by atoms with Crippen LogP contribution in [0.5, 0.6) is 0 Å². The number of halogens is 1. The van der Waals surface area contributed by atoms with Crippen LogP contribution in [0.15, 0.2) is 45.2 Å². The Morgan fingerprint density at radius 2 is 2.13 bits per heavy atom. The fraction of sp³-hybridized carbons (Fsp3) is 0.211. The summed E-state index contributed by atoms with van der Waals surface area (Å²) in [4.78, 5) is 34.8. The number of hydrogen-bond acceptors (Lipinski definition) is 5. The third-order valence-corrected chi connectivity index (χ3v) is 5.62. The molecule has 10 nitrogen and oxygen atoms in total. The van der Waals surface area contributed by atoms with Gasteiger partial charge in [0.1, 0.15) is 11.2 Å². The Hall–Kier alpha value is -3.47. The molecule has 4 aromatic rings. The number of nitrogens with one attached hydrogen (secondary N) is 1. The van der Waals surface area contributed by atoms with Crippen LogP contribution in [0.2, 0.25) is 0 Å². The molecule has 30 heavy (non-hydrogen) atoms. The Kier molecular flexibility index (Phi) is 5.12. The number of primary amides is 1. The maximum atomic E-state index is 12.0. The number of aryl methyl sites for hydroxylation is 2. The third-order valence-electron chi connectivity index (χ3n) is 4.86. The van der Waals surface area contributed by atoms with Crippen LogP contribution in [0.1, 0.15) is 16.9 Å². The maximum Gasteiger partial charge on any atom is 0.275 e. The van der Waals surface area contributed by atoms with E-state index < -0.39 is 5.91 Å². The Balaban J connectivity index is 1.49. The van der Waals surface area contributed by atoms with E-state index in [2.05, 4.69) is 36.0 Å². The highest BCUT2D eigenvalue weighted by molar-refractivity contribution is 9.10. The van der Waals surface area contributed by atoms with Gasteiger partial charge in [-0.05, 0) is 28.1 Å². The third kappa shape index (κ3) is 3.47. The minimum atomic E-state index is -0.532. The second-order valence-electron chi connectivity index (χ2n) is 6.77. The molecule has 0 aliphatic rings. The molecule has 0 aliphatic carbocycles. The fourth-order valence-electron chi connectivity index (χ4n) is 3.38. The van der Waals surface area contributed by atoms with Crippen molar-refractivity contribution in [3.8, 4) is 11.3 Å². The Labute approximate surface area is 179 Å². The van der Waals surface area contributed by atoms with Gasteiger partial charge >= 0.3 is 0 Å². The number of nitrogens with zero attached hydrogens (tertiary/aromatic N) is 6. The van der Waals surface area contributed by atoms with E-state index in [1.807, 2.05) is 23.9 Å². The standard InChI is InChI=1S/C19H19BrN8O2/c1-26-14(6-12-17(26)19(30)24-10-23-12)11-8-25-28(9-11)5-3-4-22-13-7-15(20)27(2)16(13)18(21)29/h4,6-10H,3,5H2,1-2H3,(H2,21,29)(H,23,24,30). The van der Waals surface area contributed by atoms with Gasteiger partial charge < -0.3 is 19.9 Å². The minimum Gasteiger partial charge on any atom is -0.364 e. The lowest BCUT2D eigenvalue weighted by atomic mass is 10.2. The number of fused-ring (bicyclic) bond motifs is 1. The van der Waals surface area contributed by atoms with Gasteiger partial charge in [0.25, 0.3) is 11.5 Å². The quantitative estimate of drug-likeness (QED) is 0.418. The monoisotopic (exact) mass is 470 g/mol. The number of aromatic amines is 1. The average Bonchev–Trinajstić information content (AvgIpc) is 3.36. The van der Waals surface area contributed by atoms with Crippen molar-refractivity contribution in [1.29, 1.82) is 0 Å². The Morgan fingerprint density at radius 1 is 1.33 bits per heavy atom. The van der Waals surface area contributed by atoms with Crippen LogP contribution in [0.25, 0.3) is 22.3 Å². The summed E-state index contributed by atoms with van der Waals surface area (Å²) in [5, 5.41) is 4.38. The summed E-state index contributed by atoms with van der Waals surface area (Å²) in [5.41, 5.74) is 9.02. The highest BCUT2D eigenvalue weighted by Crippen LogP contribution is 2.27. The number of aliphatic imine (C=N–C) groups is 1. The molecule has 0 spiro atoms. The molecule has 0 fully saturated rings. The highest BCUT2D eigenvalue weighted by atomic mass is 79.9. The molecule has 0 atom stereocenters. The number of amides is 1. The van der Waals surface area contributed by atoms with Crippen molar-refractivity contribution in [3.63, 3.8) is 0 Å². The molecule has 0 aliphatic heterocycles. The number of hydrogen-bond donors (Lipinski definition) is 2.